The quantitative estimate of drug-likeness (QED) is 0.922. The lowest BCUT2D eigenvalue weighted by molar-refractivity contribution is -0.0855. The number of hydrogen-bond donors (Lipinski definition) is 1. The van der Waals surface area contributed by atoms with Gasteiger partial charge in [0.15, 0.2) is 0 Å². The number of carbonyl (C=O) groups excluding carboxylic acids is 1. The standard InChI is InChI=1S/C12H13BrClNO3/c13-9-3-8(4-10(14)5-9)12(16)15-6-11-7-17-1-2-18-11/h3-5,11H,1-2,6-7H2,(H,15,16). The molecule has 0 bridgehead atoms. The molecule has 1 aromatic rings. The van der Waals surface area contributed by atoms with Crippen LogP contribution in [-0.4, -0.2) is 38.4 Å². The Morgan fingerprint density at radius 2 is 2.28 bits per heavy atom. The molecule has 1 fully saturated rings. The molecule has 4 nitrogen and oxygen atoms in total. The molecule has 0 aliphatic carbocycles. The van der Waals surface area contributed by atoms with Gasteiger partial charge in [-0.25, -0.2) is 0 Å². The molecule has 0 spiro atoms. The van der Waals surface area contributed by atoms with E-state index >= 15 is 0 Å². The Kier molecular flexibility index (Phi) is 5.00. The van der Waals surface area contributed by atoms with E-state index in [0.717, 1.165) is 4.47 Å². The van der Waals surface area contributed by atoms with Gasteiger partial charge >= 0.3 is 0 Å². The Labute approximate surface area is 119 Å². The first-order valence-electron chi connectivity index (χ1n) is 5.59. The van der Waals surface area contributed by atoms with Gasteiger partial charge in [-0.3, -0.25) is 4.79 Å². The van der Waals surface area contributed by atoms with Gasteiger partial charge in [-0.2, -0.15) is 0 Å². The molecule has 1 aliphatic rings. The highest BCUT2D eigenvalue weighted by Gasteiger charge is 2.16. The molecule has 98 valence electrons. The molecule has 0 aromatic heterocycles. The fraction of sp³-hybridized carbons (Fsp3) is 0.417. The van der Waals surface area contributed by atoms with Crippen molar-refractivity contribution in [3.8, 4) is 0 Å². The van der Waals surface area contributed by atoms with Gasteiger partial charge in [-0.05, 0) is 18.2 Å². The molecule has 1 atom stereocenters. The minimum absolute atomic E-state index is 0.0784. The minimum atomic E-state index is -0.174. The molecule has 1 saturated heterocycles. The number of benzene rings is 1. The third kappa shape index (κ3) is 3.95. The predicted molar refractivity (Wildman–Crippen MR) is 72.0 cm³/mol. The summed E-state index contributed by atoms with van der Waals surface area (Å²) in [6.45, 7) is 2.14. The van der Waals surface area contributed by atoms with E-state index in [9.17, 15) is 4.79 Å². The van der Waals surface area contributed by atoms with Crippen LogP contribution in [0.4, 0.5) is 0 Å². The van der Waals surface area contributed by atoms with E-state index in [-0.39, 0.29) is 12.0 Å². The molecule has 6 heteroatoms. The van der Waals surface area contributed by atoms with Crippen LogP contribution in [0.5, 0.6) is 0 Å². The lowest BCUT2D eigenvalue weighted by Gasteiger charge is -2.23. The summed E-state index contributed by atoms with van der Waals surface area (Å²) in [4.78, 5) is 11.9. The van der Waals surface area contributed by atoms with Crippen molar-refractivity contribution in [1.29, 1.82) is 0 Å². The average Bonchev–Trinajstić information content (AvgIpc) is 2.36. The summed E-state index contributed by atoms with van der Waals surface area (Å²) < 4.78 is 11.5. The molecule has 0 saturated carbocycles. The second-order valence-electron chi connectivity index (χ2n) is 3.94. The summed E-state index contributed by atoms with van der Waals surface area (Å²) in [6.07, 6.45) is -0.0784. The second-order valence-corrected chi connectivity index (χ2v) is 5.29. The van der Waals surface area contributed by atoms with Crippen molar-refractivity contribution in [3.05, 3.63) is 33.3 Å². The molecule has 18 heavy (non-hydrogen) atoms. The molecular formula is C12H13BrClNO3. The van der Waals surface area contributed by atoms with Crippen LogP contribution in [0.2, 0.25) is 5.02 Å². The Morgan fingerprint density at radius 1 is 1.44 bits per heavy atom. The number of halogens is 2. The van der Waals surface area contributed by atoms with Crippen LogP contribution >= 0.6 is 27.5 Å². The number of hydrogen-bond acceptors (Lipinski definition) is 3. The van der Waals surface area contributed by atoms with Crippen molar-refractivity contribution in [1.82, 2.24) is 5.32 Å². The van der Waals surface area contributed by atoms with E-state index < -0.39 is 0 Å². The van der Waals surface area contributed by atoms with Crippen molar-refractivity contribution in [2.45, 2.75) is 6.10 Å². The number of nitrogens with one attached hydrogen (secondary N) is 1. The van der Waals surface area contributed by atoms with Crippen LogP contribution in [0.25, 0.3) is 0 Å². The fourth-order valence-corrected chi connectivity index (χ4v) is 2.51. The van der Waals surface area contributed by atoms with Gasteiger partial charge in [0.25, 0.3) is 5.91 Å². The zero-order valence-corrected chi connectivity index (χ0v) is 12.0. The molecule has 1 N–H and O–H groups in total. The predicted octanol–water partition coefficient (Wildman–Crippen LogP) is 2.25. The minimum Gasteiger partial charge on any atom is -0.376 e. The maximum atomic E-state index is 11.9. The van der Waals surface area contributed by atoms with Gasteiger partial charge in [0.2, 0.25) is 0 Å². The van der Waals surface area contributed by atoms with Gasteiger partial charge in [0.1, 0.15) is 0 Å². The van der Waals surface area contributed by atoms with E-state index in [2.05, 4.69) is 21.2 Å². The van der Waals surface area contributed by atoms with Crippen molar-refractivity contribution < 1.29 is 14.3 Å². The van der Waals surface area contributed by atoms with Crippen molar-refractivity contribution in [3.63, 3.8) is 0 Å². The van der Waals surface area contributed by atoms with Crippen LogP contribution in [0, 0.1) is 0 Å². The maximum absolute atomic E-state index is 11.9. The van der Waals surface area contributed by atoms with E-state index in [1.54, 1.807) is 18.2 Å². The Balaban J connectivity index is 1.90. The van der Waals surface area contributed by atoms with Crippen molar-refractivity contribution in [2.75, 3.05) is 26.4 Å². The maximum Gasteiger partial charge on any atom is 0.251 e. The molecule has 1 unspecified atom stereocenters. The highest BCUT2D eigenvalue weighted by atomic mass is 79.9. The third-order valence-electron chi connectivity index (χ3n) is 2.50. The van der Waals surface area contributed by atoms with Gasteiger partial charge in [0, 0.05) is 21.6 Å². The summed E-state index contributed by atoms with van der Waals surface area (Å²) in [6, 6.07) is 5.08. The summed E-state index contributed by atoms with van der Waals surface area (Å²) >= 11 is 9.19. The van der Waals surface area contributed by atoms with Crippen molar-refractivity contribution in [2.24, 2.45) is 0 Å². The summed E-state index contributed by atoms with van der Waals surface area (Å²) in [7, 11) is 0. The Hall–Kier alpha value is -0.620. The largest absolute Gasteiger partial charge is 0.376 e. The molecule has 1 amide bonds. The molecule has 0 radical (unpaired) electrons. The first-order chi connectivity index (χ1) is 8.65. The van der Waals surface area contributed by atoms with Gasteiger partial charge < -0.3 is 14.8 Å². The SMILES string of the molecule is O=C(NCC1COCCO1)c1cc(Cl)cc(Br)c1. The third-order valence-corrected chi connectivity index (χ3v) is 3.18. The monoisotopic (exact) mass is 333 g/mol. The normalized spacial score (nSPS) is 19.6. The van der Waals surface area contributed by atoms with Crippen LogP contribution in [0.15, 0.2) is 22.7 Å². The van der Waals surface area contributed by atoms with Crippen LogP contribution in [-0.2, 0) is 9.47 Å². The highest BCUT2D eigenvalue weighted by molar-refractivity contribution is 9.10. The number of carbonyl (C=O) groups is 1. The van der Waals surface area contributed by atoms with E-state index in [4.69, 9.17) is 21.1 Å². The average molecular weight is 335 g/mol. The van der Waals surface area contributed by atoms with Crippen molar-refractivity contribution >= 4 is 33.4 Å². The lowest BCUT2D eigenvalue weighted by atomic mass is 10.2. The second kappa shape index (κ2) is 6.52. The Bertz CT molecular complexity index is 415. The molecule has 2 rings (SSSR count). The van der Waals surface area contributed by atoms with Crippen LogP contribution in [0.1, 0.15) is 10.4 Å². The first-order valence-corrected chi connectivity index (χ1v) is 6.76. The van der Waals surface area contributed by atoms with Gasteiger partial charge in [0.05, 0.1) is 25.9 Å². The topological polar surface area (TPSA) is 47.6 Å². The fourth-order valence-electron chi connectivity index (χ4n) is 1.65. The molecule has 1 aromatic carbocycles. The summed E-state index contributed by atoms with van der Waals surface area (Å²) in [5.41, 5.74) is 0.520. The number of ether oxygens (including phenoxy) is 2. The lowest BCUT2D eigenvalue weighted by Crippen LogP contribution is -2.39. The molecule has 1 heterocycles. The van der Waals surface area contributed by atoms with E-state index in [1.807, 2.05) is 0 Å². The van der Waals surface area contributed by atoms with Gasteiger partial charge in [-0.15, -0.1) is 0 Å². The smallest absolute Gasteiger partial charge is 0.251 e. The van der Waals surface area contributed by atoms with Crippen LogP contribution in [0.3, 0.4) is 0 Å². The zero-order valence-electron chi connectivity index (χ0n) is 9.62. The van der Waals surface area contributed by atoms with E-state index in [1.165, 1.54) is 0 Å². The zero-order chi connectivity index (χ0) is 13.0. The van der Waals surface area contributed by atoms with E-state index in [0.29, 0.717) is 37.0 Å². The van der Waals surface area contributed by atoms with Gasteiger partial charge in [-0.1, -0.05) is 27.5 Å². The highest BCUT2D eigenvalue weighted by Crippen LogP contribution is 2.19. The molecule has 1 aliphatic heterocycles. The number of amides is 1. The number of rotatable bonds is 3. The Morgan fingerprint density at radius 3 is 2.94 bits per heavy atom. The first kappa shape index (κ1) is 13.8. The van der Waals surface area contributed by atoms with Crippen LogP contribution < -0.4 is 5.32 Å². The molecular weight excluding hydrogens is 321 g/mol. The summed E-state index contributed by atoms with van der Waals surface area (Å²) in [5, 5.41) is 3.32. The summed E-state index contributed by atoms with van der Waals surface area (Å²) in [5.74, 6) is -0.174.